The summed E-state index contributed by atoms with van der Waals surface area (Å²) in [6.45, 7) is 0. The summed E-state index contributed by atoms with van der Waals surface area (Å²) in [6.07, 6.45) is 0. The van der Waals surface area contributed by atoms with Crippen LogP contribution in [0.15, 0.2) is 93.2 Å². The monoisotopic (exact) mass is 569 g/mol. The molecule has 3 nitrogen and oxygen atoms in total. The van der Waals surface area contributed by atoms with Gasteiger partial charge in [-0.3, -0.25) is 0 Å². The summed E-state index contributed by atoms with van der Waals surface area (Å²) in [5.74, 6) is 0. The number of nitrogens with zero attached hydrogens (tertiary/aromatic N) is 3. The molecule has 7 heteroatoms. The molecule has 0 fully saturated rings. The molecule has 5 rings (SSSR count). The molecule has 0 unspecified atom stereocenters. The predicted octanol–water partition coefficient (Wildman–Crippen LogP) is 8.51. The van der Waals surface area contributed by atoms with Crippen LogP contribution >= 0.6 is 54.8 Å². The van der Waals surface area contributed by atoms with Crippen LogP contribution in [0.1, 0.15) is 0 Å². The molecule has 0 saturated carbocycles. The van der Waals surface area contributed by atoms with Gasteiger partial charge in [0.1, 0.15) is 5.69 Å². The molecule has 31 heavy (non-hydrogen) atoms. The Labute approximate surface area is 205 Å². The van der Waals surface area contributed by atoms with Gasteiger partial charge in [-0.2, -0.15) is 5.10 Å². The van der Waals surface area contributed by atoms with Gasteiger partial charge in [0.2, 0.25) is 5.13 Å². The second-order valence-corrected chi connectivity index (χ2v) is 9.87. The number of aromatic nitrogens is 3. The summed E-state index contributed by atoms with van der Waals surface area (Å²) in [5.41, 5.74) is 5.41. The lowest BCUT2D eigenvalue weighted by atomic mass is 10.1. The van der Waals surface area contributed by atoms with Gasteiger partial charge in [-0.05, 0) is 24.3 Å². The van der Waals surface area contributed by atoms with E-state index in [4.69, 9.17) is 21.7 Å². The van der Waals surface area contributed by atoms with Gasteiger partial charge < -0.3 is 0 Å². The lowest BCUT2D eigenvalue weighted by molar-refractivity contribution is 0.881. The van der Waals surface area contributed by atoms with Crippen LogP contribution in [0.3, 0.4) is 0 Å². The van der Waals surface area contributed by atoms with Gasteiger partial charge in [0.05, 0.1) is 16.4 Å². The molecule has 0 radical (unpaired) electrons. The normalized spacial score (nSPS) is 11.1. The Morgan fingerprint density at radius 3 is 2.13 bits per heavy atom. The third kappa shape index (κ3) is 4.13. The largest absolute Gasteiger partial charge is 0.218 e. The van der Waals surface area contributed by atoms with Gasteiger partial charge in [0.15, 0.2) is 0 Å². The van der Waals surface area contributed by atoms with Crippen LogP contribution in [0.5, 0.6) is 0 Å². The van der Waals surface area contributed by atoms with Gasteiger partial charge in [0.25, 0.3) is 0 Å². The average molecular weight is 572 g/mol. The van der Waals surface area contributed by atoms with Crippen molar-refractivity contribution in [2.75, 3.05) is 0 Å². The summed E-state index contributed by atoms with van der Waals surface area (Å²) >= 11 is 15.6. The number of rotatable bonds is 4. The minimum absolute atomic E-state index is 0.590. The summed E-state index contributed by atoms with van der Waals surface area (Å²) < 4.78 is 3.79. The summed E-state index contributed by atoms with van der Waals surface area (Å²) in [4.78, 5) is 4.86. The van der Waals surface area contributed by atoms with Gasteiger partial charge in [-0.15, -0.1) is 11.3 Å². The highest BCUT2D eigenvalue weighted by molar-refractivity contribution is 9.10. The van der Waals surface area contributed by atoms with E-state index in [-0.39, 0.29) is 0 Å². The van der Waals surface area contributed by atoms with Crippen LogP contribution in [0, 0.1) is 0 Å². The Kier molecular flexibility index (Phi) is 5.80. The van der Waals surface area contributed by atoms with E-state index in [1.54, 1.807) is 11.3 Å². The van der Waals surface area contributed by atoms with Crippen molar-refractivity contribution < 1.29 is 0 Å². The Bertz CT molecular complexity index is 1380. The van der Waals surface area contributed by atoms with Crippen LogP contribution in [-0.2, 0) is 0 Å². The highest BCUT2D eigenvalue weighted by atomic mass is 79.9. The van der Waals surface area contributed by atoms with Crippen molar-refractivity contribution >= 4 is 54.8 Å². The second kappa shape index (κ2) is 8.71. The third-order valence-corrected chi connectivity index (χ3v) is 6.93. The predicted molar refractivity (Wildman–Crippen MR) is 136 cm³/mol. The molecule has 3 aromatic carbocycles. The summed E-state index contributed by atoms with van der Waals surface area (Å²) in [7, 11) is 0. The number of benzene rings is 3. The first-order chi connectivity index (χ1) is 15.1. The Balaban J connectivity index is 1.71. The molecule has 152 valence electrons. The maximum absolute atomic E-state index is 6.94. The molecule has 0 amide bonds. The fourth-order valence-corrected chi connectivity index (χ4v) is 5.27. The SMILES string of the molecule is Clc1c(-c2cccc(Br)c2)nn(-c2nc(-c3ccccc3)cs2)c1-c1cccc(Br)c1. The van der Waals surface area contributed by atoms with E-state index in [1.165, 1.54) is 0 Å². The molecule has 0 aliphatic carbocycles. The van der Waals surface area contributed by atoms with Gasteiger partial charge in [-0.25, -0.2) is 9.67 Å². The van der Waals surface area contributed by atoms with Crippen LogP contribution in [0.2, 0.25) is 5.02 Å². The molecular weight excluding hydrogens is 558 g/mol. The Hall–Kier alpha value is -2.25. The molecule has 2 heterocycles. The maximum Gasteiger partial charge on any atom is 0.211 e. The number of thiazole rings is 1. The second-order valence-electron chi connectivity index (χ2n) is 6.83. The minimum atomic E-state index is 0.590. The van der Waals surface area contributed by atoms with Crippen molar-refractivity contribution in [3.8, 4) is 38.9 Å². The van der Waals surface area contributed by atoms with Gasteiger partial charge in [0, 0.05) is 31.0 Å². The van der Waals surface area contributed by atoms with E-state index in [0.717, 1.165) is 47.8 Å². The first-order valence-corrected chi connectivity index (χ1v) is 12.3. The number of hydrogen-bond acceptors (Lipinski definition) is 3. The molecule has 0 spiro atoms. The van der Waals surface area contributed by atoms with Gasteiger partial charge in [-0.1, -0.05) is 98.1 Å². The maximum atomic E-state index is 6.94. The van der Waals surface area contributed by atoms with Crippen molar-refractivity contribution in [3.63, 3.8) is 0 Å². The first-order valence-electron chi connectivity index (χ1n) is 9.42. The molecule has 0 saturated heterocycles. The molecule has 0 aliphatic heterocycles. The highest BCUT2D eigenvalue weighted by Crippen LogP contribution is 2.40. The van der Waals surface area contributed by atoms with Crippen LogP contribution < -0.4 is 0 Å². The van der Waals surface area contributed by atoms with Crippen molar-refractivity contribution in [2.24, 2.45) is 0 Å². The zero-order valence-electron chi connectivity index (χ0n) is 16.0. The van der Waals surface area contributed by atoms with E-state index >= 15 is 0 Å². The summed E-state index contributed by atoms with van der Waals surface area (Å²) in [5, 5.41) is 8.30. The smallest absolute Gasteiger partial charge is 0.211 e. The fraction of sp³-hybridized carbons (Fsp3) is 0. The molecule has 0 N–H and O–H groups in total. The van der Waals surface area contributed by atoms with E-state index in [0.29, 0.717) is 5.02 Å². The average Bonchev–Trinajstić information content (AvgIpc) is 3.39. The molecule has 5 aromatic rings. The number of hydrogen-bond donors (Lipinski definition) is 0. The lowest BCUT2D eigenvalue weighted by Gasteiger charge is -2.05. The fourth-order valence-electron chi connectivity index (χ4n) is 3.35. The Morgan fingerprint density at radius 1 is 0.774 bits per heavy atom. The highest BCUT2D eigenvalue weighted by Gasteiger charge is 2.22. The van der Waals surface area contributed by atoms with Crippen molar-refractivity contribution in [1.29, 1.82) is 0 Å². The van der Waals surface area contributed by atoms with E-state index in [2.05, 4.69) is 44.0 Å². The van der Waals surface area contributed by atoms with Crippen LogP contribution in [0.25, 0.3) is 38.9 Å². The van der Waals surface area contributed by atoms with Crippen LogP contribution in [-0.4, -0.2) is 14.8 Å². The lowest BCUT2D eigenvalue weighted by Crippen LogP contribution is -1.99. The van der Waals surface area contributed by atoms with Crippen molar-refractivity contribution in [1.82, 2.24) is 14.8 Å². The molecular formula is C24H14Br2ClN3S. The van der Waals surface area contributed by atoms with E-state index in [9.17, 15) is 0 Å². The molecule has 0 atom stereocenters. The van der Waals surface area contributed by atoms with Crippen molar-refractivity contribution in [3.05, 3.63) is 98.2 Å². The van der Waals surface area contributed by atoms with Crippen molar-refractivity contribution in [2.45, 2.75) is 0 Å². The van der Waals surface area contributed by atoms with Gasteiger partial charge >= 0.3 is 0 Å². The minimum Gasteiger partial charge on any atom is -0.218 e. The standard InChI is InChI=1S/C24H14Br2ClN3S/c25-18-10-4-8-16(12-18)22-21(27)23(17-9-5-11-19(26)13-17)30(29-22)24-28-20(14-31-24)15-6-2-1-3-7-15/h1-14H. The molecule has 0 aliphatic rings. The zero-order chi connectivity index (χ0) is 21.4. The third-order valence-electron chi connectivity index (χ3n) is 4.77. The number of halogens is 3. The zero-order valence-corrected chi connectivity index (χ0v) is 20.7. The first kappa shape index (κ1) is 20.6. The summed E-state index contributed by atoms with van der Waals surface area (Å²) in [6, 6.07) is 26.2. The van der Waals surface area contributed by atoms with E-state index < -0.39 is 0 Å². The Morgan fingerprint density at radius 2 is 1.42 bits per heavy atom. The molecule has 0 bridgehead atoms. The molecule has 2 aromatic heterocycles. The quantitative estimate of drug-likeness (QED) is 0.217. The van der Waals surface area contributed by atoms with Crippen LogP contribution in [0.4, 0.5) is 0 Å². The van der Waals surface area contributed by atoms with E-state index in [1.807, 2.05) is 76.8 Å². The topological polar surface area (TPSA) is 30.7 Å².